The fourth-order valence-corrected chi connectivity index (χ4v) is 2.14. The van der Waals surface area contributed by atoms with Crippen LogP contribution in [-0.2, 0) is 9.53 Å². The zero-order valence-electron chi connectivity index (χ0n) is 9.76. The van der Waals surface area contributed by atoms with Crippen molar-refractivity contribution in [2.24, 2.45) is 0 Å². The quantitative estimate of drug-likeness (QED) is 0.727. The van der Waals surface area contributed by atoms with Gasteiger partial charge in [0.15, 0.2) is 0 Å². The zero-order chi connectivity index (χ0) is 12.3. The average molecular weight is 233 g/mol. The Balaban J connectivity index is 2.17. The summed E-state index contributed by atoms with van der Waals surface area (Å²) in [7, 11) is 1.35. The van der Waals surface area contributed by atoms with Gasteiger partial charge < -0.3 is 9.64 Å². The van der Waals surface area contributed by atoms with Crippen LogP contribution < -0.4 is 0 Å². The van der Waals surface area contributed by atoms with Gasteiger partial charge in [0.25, 0.3) is 5.91 Å². The van der Waals surface area contributed by atoms with E-state index >= 15 is 0 Å². The minimum atomic E-state index is -0.423. The summed E-state index contributed by atoms with van der Waals surface area (Å²) in [6.07, 6.45) is 1.53. The van der Waals surface area contributed by atoms with Crippen LogP contribution in [0.25, 0.3) is 0 Å². The van der Waals surface area contributed by atoms with Gasteiger partial charge in [-0.3, -0.25) is 4.79 Å². The third-order valence-electron chi connectivity index (χ3n) is 3.01. The smallest absolute Gasteiger partial charge is 0.328 e. The summed E-state index contributed by atoms with van der Waals surface area (Å²) in [6.45, 7) is 0.619. The molecule has 0 saturated carbocycles. The molecule has 1 amide bonds. The Morgan fingerprint density at radius 1 is 1.29 bits per heavy atom. The molecule has 0 bridgehead atoms. The number of hydrogen-bond donors (Lipinski definition) is 0. The van der Waals surface area contributed by atoms with Gasteiger partial charge in [0.2, 0.25) is 0 Å². The second-order valence-corrected chi connectivity index (χ2v) is 4.05. The third-order valence-corrected chi connectivity index (χ3v) is 3.01. The van der Waals surface area contributed by atoms with E-state index < -0.39 is 6.04 Å². The molecule has 1 saturated heterocycles. The van der Waals surface area contributed by atoms with Crippen LogP contribution in [0, 0.1) is 0 Å². The standard InChI is InChI=1S/C13H15NO3/c1-17-13(16)11-8-5-9-14(11)12(15)10-6-3-2-4-7-10/h2-4,6-7,11H,5,8-9H2,1H3/t11-/m0/s1. The van der Waals surface area contributed by atoms with Gasteiger partial charge in [-0.1, -0.05) is 18.2 Å². The number of carbonyl (C=O) groups excluding carboxylic acids is 2. The monoisotopic (exact) mass is 233 g/mol. The van der Waals surface area contributed by atoms with E-state index in [1.807, 2.05) is 18.2 Å². The van der Waals surface area contributed by atoms with Crippen LogP contribution in [0.5, 0.6) is 0 Å². The Morgan fingerprint density at radius 3 is 2.65 bits per heavy atom. The van der Waals surface area contributed by atoms with Crippen molar-refractivity contribution in [3.05, 3.63) is 35.9 Å². The topological polar surface area (TPSA) is 46.6 Å². The highest BCUT2D eigenvalue weighted by atomic mass is 16.5. The van der Waals surface area contributed by atoms with Crippen LogP contribution in [0.4, 0.5) is 0 Å². The number of rotatable bonds is 2. The number of ether oxygens (including phenoxy) is 1. The second-order valence-electron chi connectivity index (χ2n) is 4.05. The summed E-state index contributed by atoms with van der Waals surface area (Å²) in [5.41, 5.74) is 0.614. The first kappa shape index (κ1) is 11.6. The maximum Gasteiger partial charge on any atom is 0.328 e. The highest BCUT2D eigenvalue weighted by Gasteiger charge is 2.35. The summed E-state index contributed by atoms with van der Waals surface area (Å²) >= 11 is 0. The lowest BCUT2D eigenvalue weighted by molar-refractivity contribution is -0.145. The molecule has 17 heavy (non-hydrogen) atoms. The first-order valence-corrected chi connectivity index (χ1v) is 5.68. The highest BCUT2D eigenvalue weighted by Crippen LogP contribution is 2.20. The van der Waals surface area contributed by atoms with Crippen molar-refractivity contribution >= 4 is 11.9 Å². The number of esters is 1. The molecule has 1 aromatic rings. The molecule has 0 radical (unpaired) electrons. The van der Waals surface area contributed by atoms with Crippen molar-refractivity contribution in [2.75, 3.05) is 13.7 Å². The van der Waals surface area contributed by atoms with Crippen LogP contribution in [0.3, 0.4) is 0 Å². The number of likely N-dealkylation sites (tertiary alicyclic amines) is 1. The minimum Gasteiger partial charge on any atom is -0.467 e. The second kappa shape index (κ2) is 4.99. The predicted octanol–water partition coefficient (Wildman–Crippen LogP) is 1.46. The van der Waals surface area contributed by atoms with Crippen molar-refractivity contribution in [2.45, 2.75) is 18.9 Å². The molecule has 1 atom stereocenters. The van der Waals surface area contributed by atoms with E-state index in [2.05, 4.69) is 0 Å². The fraction of sp³-hybridized carbons (Fsp3) is 0.385. The van der Waals surface area contributed by atoms with Gasteiger partial charge in [-0.05, 0) is 25.0 Å². The first-order valence-electron chi connectivity index (χ1n) is 5.68. The van der Waals surface area contributed by atoms with Crippen LogP contribution in [-0.4, -0.2) is 36.5 Å². The summed E-state index contributed by atoms with van der Waals surface area (Å²) in [4.78, 5) is 25.3. The van der Waals surface area contributed by atoms with E-state index in [-0.39, 0.29) is 11.9 Å². The summed E-state index contributed by atoms with van der Waals surface area (Å²) in [5, 5.41) is 0. The maximum atomic E-state index is 12.2. The Hall–Kier alpha value is -1.84. The number of benzene rings is 1. The van der Waals surface area contributed by atoms with Crippen molar-refractivity contribution < 1.29 is 14.3 Å². The molecule has 1 fully saturated rings. The predicted molar refractivity (Wildman–Crippen MR) is 62.5 cm³/mol. The normalized spacial score (nSPS) is 19.1. The van der Waals surface area contributed by atoms with E-state index in [0.29, 0.717) is 18.5 Å². The molecule has 0 aromatic heterocycles. The number of amides is 1. The third kappa shape index (κ3) is 2.30. The number of methoxy groups -OCH3 is 1. The van der Waals surface area contributed by atoms with E-state index in [9.17, 15) is 9.59 Å². The minimum absolute atomic E-state index is 0.0986. The molecular formula is C13H15NO3. The van der Waals surface area contributed by atoms with Crippen LogP contribution in [0.1, 0.15) is 23.2 Å². The van der Waals surface area contributed by atoms with Gasteiger partial charge in [0.1, 0.15) is 6.04 Å². The molecule has 1 heterocycles. The first-order chi connectivity index (χ1) is 8.24. The fourth-order valence-electron chi connectivity index (χ4n) is 2.14. The lowest BCUT2D eigenvalue weighted by Gasteiger charge is -2.22. The van der Waals surface area contributed by atoms with Crippen LogP contribution in [0.2, 0.25) is 0 Å². The SMILES string of the molecule is COC(=O)[C@@H]1CCCN1C(=O)c1ccccc1. The van der Waals surface area contributed by atoms with E-state index in [1.165, 1.54) is 7.11 Å². The van der Waals surface area contributed by atoms with Crippen molar-refractivity contribution in [3.63, 3.8) is 0 Å². The van der Waals surface area contributed by atoms with Gasteiger partial charge in [-0.15, -0.1) is 0 Å². The van der Waals surface area contributed by atoms with Crippen molar-refractivity contribution in [1.82, 2.24) is 4.90 Å². The zero-order valence-corrected chi connectivity index (χ0v) is 9.76. The molecule has 90 valence electrons. The Kier molecular flexibility index (Phi) is 3.42. The summed E-state index contributed by atoms with van der Waals surface area (Å²) in [5.74, 6) is -0.426. The Bertz CT molecular complexity index is 416. The molecule has 1 aliphatic rings. The summed E-state index contributed by atoms with van der Waals surface area (Å²) < 4.78 is 4.72. The van der Waals surface area contributed by atoms with Crippen LogP contribution in [0.15, 0.2) is 30.3 Å². The number of nitrogens with zero attached hydrogens (tertiary/aromatic N) is 1. The molecule has 0 unspecified atom stereocenters. The molecule has 4 nitrogen and oxygen atoms in total. The Morgan fingerprint density at radius 2 is 2.00 bits per heavy atom. The van der Waals surface area contributed by atoms with Gasteiger partial charge in [0.05, 0.1) is 7.11 Å². The highest BCUT2D eigenvalue weighted by molar-refractivity contribution is 5.97. The lowest BCUT2D eigenvalue weighted by Crippen LogP contribution is -2.41. The van der Waals surface area contributed by atoms with Crippen molar-refractivity contribution in [3.8, 4) is 0 Å². The summed E-state index contributed by atoms with van der Waals surface area (Å²) in [6, 6.07) is 8.59. The molecule has 0 spiro atoms. The molecule has 1 aromatic carbocycles. The molecular weight excluding hydrogens is 218 g/mol. The van der Waals surface area contributed by atoms with E-state index in [4.69, 9.17) is 4.74 Å². The van der Waals surface area contributed by atoms with E-state index in [0.717, 1.165) is 6.42 Å². The van der Waals surface area contributed by atoms with Gasteiger partial charge in [-0.2, -0.15) is 0 Å². The number of hydrogen-bond acceptors (Lipinski definition) is 3. The maximum absolute atomic E-state index is 12.2. The largest absolute Gasteiger partial charge is 0.467 e. The molecule has 1 aliphatic heterocycles. The van der Waals surface area contributed by atoms with Crippen LogP contribution >= 0.6 is 0 Å². The Labute approximate surface area is 100 Å². The average Bonchev–Trinajstić information content (AvgIpc) is 2.87. The van der Waals surface area contributed by atoms with Gasteiger partial charge in [-0.25, -0.2) is 4.79 Å². The molecule has 0 aliphatic carbocycles. The molecule has 4 heteroatoms. The van der Waals surface area contributed by atoms with Gasteiger partial charge in [0, 0.05) is 12.1 Å². The molecule has 2 rings (SSSR count). The van der Waals surface area contributed by atoms with E-state index in [1.54, 1.807) is 17.0 Å². The lowest BCUT2D eigenvalue weighted by atomic mass is 10.1. The number of carbonyl (C=O) groups is 2. The van der Waals surface area contributed by atoms with Crippen molar-refractivity contribution in [1.29, 1.82) is 0 Å². The van der Waals surface area contributed by atoms with Gasteiger partial charge >= 0.3 is 5.97 Å². The molecule has 0 N–H and O–H groups in total.